The van der Waals surface area contributed by atoms with E-state index in [1.807, 2.05) is 6.92 Å². The lowest BCUT2D eigenvalue weighted by Gasteiger charge is -2.18. The number of halogens is 2. The molecule has 0 spiro atoms. The first kappa shape index (κ1) is 11.2. The predicted molar refractivity (Wildman–Crippen MR) is 60.0 cm³/mol. The summed E-state index contributed by atoms with van der Waals surface area (Å²) in [5.41, 5.74) is 0.969. The Hall–Kier alpha value is -0.900. The van der Waals surface area contributed by atoms with E-state index in [4.69, 9.17) is 0 Å². The number of hydrogen-bond acceptors (Lipinski definition) is 2. The van der Waals surface area contributed by atoms with Crippen molar-refractivity contribution >= 4 is 21.7 Å². The van der Waals surface area contributed by atoms with Crippen molar-refractivity contribution in [1.29, 1.82) is 0 Å². The first-order valence-electron chi connectivity index (χ1n) is 4.17. The minimum Gasteiger partial charge on any atom is -0.353 e. The van der Waals surface area contributed by atoms with E-state index in [-0.39, 0.29) is 5.82 Å². The molecule has 0 atom stereocenters. The normalized spacial score (nSPS) is 10.0. The Morgan fingerprint density at radius 2 is 2.36 bits per heavy atom. The quantitative estimate of drug-likeness (QED) is 0.776. The van der Waals surface area contributed by atoms with Crippen LogP contribution in [-0.2, 0) is 0 Å². The summed E-state index contributed by atoms with van der Waals surface area (Å²) >= 11 is 3.16. The third-order valence-corrected chi connectivity index (χ3v) is 2.09. The number of likely N-dealkylation sites (N-methyl/N-ethyl adjacent to an activating group) is 1. The second-order valence-electron chi connectivity index (χ2n) is 3.27. The monoisotopic (exact) mass is 258 g/mol. The van der Waals surface area contributed by atoms with Crippen molar-refractivity contribution < 1.29 is 4.39 Å². The molecule has 0 aliphatic carbocycles. The van der Waals surface area contributed by atoms with Crippen molar-refractivity contribution in [3.05, 3.63) is 34.7 Å². The van der Waals surface area contributed by atoms with Gasteiger partial charge in [-0.05, 0) is 28.9 Å². The number of rotatable bonds is 3. The molecule has 0 unspecified atom stereocenters. The average molecular weight is 259 g/mol. The molecule has 0 aliphatic rings. The zero-order valence-corrected chi connectivity index (χ0v) is 9.81. The van der Waals surface area contributed by atoms with Gasteiger partial charge in [0.05, 0.1) is 0 Å². The molecule has 1 heterocycles. The maximum Gasteiger partial charge on any atom is 0.166 e. The van der Waals surface area contributed by atoms with Crippen molar-refractivity contribution in [2.24, 2.45) is 0 Å². The topological polar surface area (TPSA) is 16.1 Å². The van der Waals surface area contributed by atoms with Gasteiger partial charge in [0.1, 0.15) is 0 Å². The van der Waals surface area contributed by atoms with Gasteiger partial charge in [0.15, 0.2) is 11.6 Å². The van der Waals surface area contributed by atoms with Gasteiger partial charge in [-0.2, -0.15) is 0 Å². The summed E-state index contributed by atoms with van der Waals surface area (Å²) in [7, 11) is 1.79. The number of aromatic nitrogens is 1. The molecule has 1 rings (SSSR count). The van der Waals surface area contributed by atoms with Crippen LogP contribution in [0.4, 0.5) is 10.2 Å². The molecule has 0 saturated carbocycles. The van der Waals surface area contributed by atoms with Gasteiger partial charge in [-0.3, -0.25) is 0 Å². The Bertz CT molecular complexity index is 352. The van der Waals surface area contributed by atoms with Crippen molar-refractivity contribution in [3.63, 3.8) is 0 Å². The van der Waals surface area contributed by atoms with Crippen LogP contribution in [-0.4, -0.2) is 18.6 Å². The molecule has 0 fully saturated rings. The van der Waals surface area contributed by atoms with Crippen LogP contribution in [0.2, 0.25) is 0 Å². The summed E-state index contributed by atoms with van der Waals surface area (Å²) in [6.45, 7) is 6.27. The number of pyridine rings is 1. The highest BCUT2D eigenvalue weighted by Gasteiger charge is 2.09. The summed E-state index contributed by atoms with van der Waals surface area (Å²) in [6, 6.07) is 1.40. The van der Waals surface area contributed by atoms with E-state index < -0.39 is 0 Å². The predicted octanol–water partition coefficient (Wildman–Crippen LogP) is 3.00. The van der Waals surface area contributed by atoms with E-state index >= 15 is 0 Å². The van der Waals surface area contributed by atoms with Gasteiger partial charge in [0.25, 0.3) is 0 Å². The molecule has 0 aliphatic heterocycles. The Labute approximate surface area is 91.6 Å². The van der Waals surface area contributed by atoms with Gasteiger partial charge in [0.2, 0.25) is 0 Å². The number of anilines is 1. The molecule has 1 aromatic heterocycles. The Morgan fingerprint density at radius 3 is 2.86 bits per heavy atom. The zero-order chi connectivity index (χ0) is 10.7. The second kappa shape index (κ2) is 4.55. The summed E-state index contributed by atoms with van der Waals surface area (Å²) < 4.78 is 14.0. The van der Waals surface area contributed by atoms with Gasteiger partial charge < -0.3 is 4.90 Å². The molecule has 0 amide bonds. The molecule has 0 radical (unpaired) electrons. The molecule has 1 aromatic rings. The average Bonchev–Trinajstić information content (AvgIpc) is 2.01. The van der Waals surface area contributed by atoms with Gasteiger partial charge in [-0.25, -0.2) is 9.37 Å². The molecular formula is C10H12BrFN2. The van der Waals surface area contributed by atoms with Crippen LogP contribution < -0.4 is 4.90 Å². The third kappa shape index (κ3) is 2.80. The highest BCUT2D eigenvalue weighted by molar-refractivity contribution is 9.10. The minimum absolute atomic E-state index is 0.330. The van der Waals surface area contributed by atoms with Gasteiger partial charge in [-0.15, -0.1) is 0 Å². The van der Waals surface area contributed by atoms with Crippen LogP contribution in [0.1, 0.15) is 6.92 Å². The number of hydrogen-bond donors (Lipinski definition) is 0. The van der Waals surface area contributed by atoms with Crippen LogP contribution in [0.25, 0.3) is 0 Å². The fourth-order valence-electron chi connectivity index (χ4n) is 1.17. The lowest BCUT2D eigenvalue weighted by molar-refractivity contribution is 0.616. The number of nitrogens with zero attached hydrogens (tertiary/aromatic N) is 2. The Balaban J connectivity index is 2.90. The minimum atomic E-state index is -0.330. The Morgan fingerprint density at radius 1 is 1.71 bits per heavy atom. The highest BCUT2D eigenvalue weighted by atomic mass is 79.9. The molecule has 2 nitrogen and oxygen atoms in total. The van der Waals surface area contributed by atoms with E-state index in [1.54, 1.807) is 18.1 Å². The molecule has 4 heteroatoms. The lowest BCUT2D eigenvalue weighted by Crippen LogP contribution is -2.21. The van der Waals surface area contributed by atoms with Gasteiger partial charge in [0, 0.05) is 24.3 Å². The molecule has 0 aromatic carbocycles. The van der Waals surface area contributed by atoms with Gasteiger partial charge in [-0.1, -0.05) is 12.2 Å². The summed E-state index contributed by atoms with van der Waals surface area (Å²) in [5, 5.41) is 0. The first-order chi connectivity index (χ1) is 6.50. The summed E-state index contributed by atoms with van der Waals surface area (Å²) in [6.07, 6.45) is 1.58. The van der Waals surface area contributed by atoms with E-state index in [2.05, 4.69) is 27.5 Å². The maximum absolute atomic E-state index is 13.4. The standard InChI is InChI=1S/C10H12BrFN2/c1-7(2)6-14(3)10-9(12)4-8(11)5-13-10/h4-5H,1,6H2,2-3H3. The van der Waals surface area contributed by atoms with Gasteiger partial charge >= 0.3 is 0 Å². The van der Waals surface area contributed by atoms with Crippen LogP contribution in [0.5, 0.6) is 0 Å². The van der Waals surface area contributed by atoms with Crippen LogP contribution in [0, 0.1) is 5.82 Å². The fourth-order valence-corrected chi connectivity index (χ4v) is 1.47. The smallest absolute Gasteiger partial charge is 0.166 e. The molecule has 76 valence electrons. The van der Waals surface area contributed by atoms with Crippen LogP contribution in [0.15, 0.2) is 28.9 Å². The van der Waals surface area contributed by atoms with Crippen molar-refractivity contribution in [3.8, 4) is 0 Å². The zero-order valence-electron chi connectivity index (χ0n) is 8.22. The highest BCUT2D eigenvalue weighted by Crippen LogP contribution is 2.19. The fraction of sp³-hybridized carbons (Fsp3) is 0.300. The molecule has 0 bridgehead atoms. The molecule has 0 saturated heterocycles. The Kier molecular flexibility index (Phi) is 3.63. The van der Waals surface area contributed by atoms with E-state index in [0.29, 0.717) is 16.8 Å². The first-order valence-corrected chi connectivity index (χ1v) is 4.96. The summed E-state index contributed by atoms with van der Waals surface area (Å²) in [4.78, 5) is 5.72. The third-order valence-electron chi connectivity index (χ3n) is 1.66. The second-order valence-corrected chi connectivity index (χ2v) is 4.19. The van der Waals surface area contributed by atoms with E-state index in [9.17, 15) is 4.39 Å². The van der Waals surface area contributed by atoms with E-state index in [1.165, 1.54) is 6.07 Å². The molecule has 14 heavy (non-hydrogen) atoms. The molecular weight excluding hydrogens is 247 g/mol. The molecule has 0 N–H and O–H groups in total. The van der Waals surface area contributed by atoms with Crippen molar-refractivity contribution in [2.75, 3.05) is 18.5 Å². The summed E-state index contributed by atoms with van der Waals surface area (Å²) in [5.74, 6) is 0.0133. The van der Waals surface area contributed by atoms with Crippen LogP contribution >= 0.6 is 15.9 Å². The lowest BCUT2D eigenvalue weighted by atomic mass is 10.3. The van der Waals surface area contributed by atoms with Crippen LogP contribution in [0.3, 0.4) is 0 Å². The van der Waals surface area contributed by atoms with Crippen molar-refractivity contribution in [2.45, 2.75) is 6.92 Å². The maximum atomic E-state index is 13.4. The van der Waals surface area contributed by atoms with Crippen molar-refractivity contribution in [1.82, 2.24) is 4.98 Å². The largest absolute Gasteiger partial charge is 0.353 e. The van der Waals surface area contributed by atoms with E-state index in [0.717, 1.165) is 5.57 Å². The SMILES string of the molecule is C=C(C)CN(C)c1ncc(Br)cc1F.